The molecule has 0 saturated heterocycles. The maximum Gasteiger partial charge on any atom is 3.00 e. The maximum absolute atomic E-state index is 8.93. The summed E-state index contributed by atoms with van der Waals surface area (Å²) in [4.78, 5) is 17.9. The Morgan fingerprint density at radius 1 is 0.688 bits per heavy atom. The predicted octanol–water partition coefficient (Wildman–Crippen LogP) is -5.40. The SMILES string of the molecule is O=C([O-])C(=O)[O-].[Co+3].[NH2-].[NH2-].[NH2-].[NH2-].[O-][Cl+3]([O-])([O-])[O-]. The molecule has 0 atom stereocenters. The van der Waals surface area contributed by atoms with Crippen LogP contribution in [0.5, 0.6) is 0 Å². The number of hydrogen-bond donors (Lipinski definition) is 0. The monoisotopic (exact) mass is 310 g/mol. The maximum atomic E-state index is 8.93. The van der Waals surface area contributed by atoms with Crippen molar-refractivity contribution in [3.8, 4) is 0 Å². The molecule has 0 aromatic carbocycles. The predicted molar refractivity (Wildman–Crippen MR) is 31.2 cm³/mol. The van der Waals surface area contributed by atoms with Crippen molar-refractivity contribution in [3.63, 3.8) is 0 Å². The molecular formula is C2H8ClCoN4O8-4. The van der Waals surface area contributed by atoms with Gasteiger partial charge in [-0.05, 0) is 0 Å². The molecule has 14 heteroatoms. The molecule has 0 amide bonds. The van der Waals surface area contributed by atoms with E-state index >= 15 is 0 Å². The van der Waals surface area contributed by atoms with Gasteiger partial charge >= 0.3 is 16.8 Å². The second-order valence-electron chi connectivity index (χ2n) is 0.953. The summed E-state index contributed by atoms with van der Waals surface area (Å²) in [6, 6.07) is 0. The first kappa shape index (κ1) is 45.2. The van der Waals surface area contributed by atoms with E-state index in [1.807, 2.05) is 0 Å². The fourth-order valence-electron chi connectivity index (χ4n) is 0. The van der Waals surface area contributed by atoms with Gasteiger partial charge in [0, 0.05) is 0 Å². The molecule has 0 aliphatic heterocycles. The Morgan fingerprint density at radius 3 is 0.750 bits per heavy atom. The number of carboxylic acid groups (broad SMARTS) is 2. The van der Waals surface area contributed by atoms with E-state index < -0.39 is 22.2 Å². The molecule has 0 heterocycles. The largest absolute Gasteiger partial charge is 3.00 e. The van der Waals surface area contributed by atoms with Gasteiger partial charge in [-0.25, -0.2) is 18.6 Å². The van der Waals surface area contributed by atoms with E-state index in [2.05, 4.69) is 0 Å². The molecule has 12 nitrogen and oxygen atoms in total. The van der Waals surface area contributed by atoms with Crippen LogP contribution in [-0.2, 0) is 26.4 Å². The zero-order chi connectivity index (χ0) is 9.65. The molecule has 0 aromatic rings. The molecule has 0 fully saturated rings. The number of nitrogens with two attached hydrogens (primary N) is 4. The average molecular weight is 310 g/mol. The molecule has 0 bridgehead atoms. The molecule has 0 spiro atoms. The van der Waals surface area contributed by atoms with Crippen LogP contribution < -0.4 is 28.8 Å². The first-order valence-corrected chi connectivity index (χ1v) is 2.92. The van der Waals surface area contributed by atoms with Crippen molar-refractivity contribution < 1.29 is 65.5 Å². The molecule has 8 N–H and O–H groups in total. The summed E-state index contributed by atoms with van der Waals surface area (Å²) < 4.78 is 34.0. The zero-order valence-corrected chi connectivity index (χ0v) is 9.08. The number of aliphatic carboxylic acids is 2. The van der Waals surface area contributed by atoms with Crippen molar-refractivity contribution >= 4 is 11.9 Å². The minimum atomic E-state index is -4.94. The molecule has 0 radical (unpaired) electrons. The van der Waals surface area contributed by atoms with Gasteiger partial charge in [-0.1, -0.05) is 0 Å². The first-order valence-electron chi connectivity index (χ1n) is 1.68. The quantitative estimate of drug-likeness (QED) is 0.387. The van der Waals surface area contributed by atoms with E-state index in [4.69, 9.17) is 38.4 Å². The van der Waals surface area contributed by atoms with E-state index in [0.717, 1.165) is 0 Å². The van der Waals surface area contributed by atoms with Gasteiger partial charge in [0.1, 0.15) is 0 Å². The van der Waals surface area contributed by atoms with Crippen molar-refractivity contribution in [3.05, 3.63) is 24.6 Å². The molecule has 0 rings (SSSR count). The van der Waals surface area contributed by atoms with Gasteiger partial charge in [-0.3, -0.25) is 0 Å². The second-order valence-corrected chi connectivity index (χ2v) is 1.71. The minimum absolute atomic E-state index is 0. The Kier molecular flexibility index (Phi) is 56.3. The molecule has 0 unspecified atom stereocenters. The fourth-order valence-corrected chi connectivity index (χ4v) is 0. The Labute approximate surface area is 103 Å². The van der Waals surface area contributed by atoms with Crippen molar-refractivity contribution in [2.24, 2.45) is 0 Å². The Balaban J connectivity index is -0.0000000155. The number of carbonyl (C=O) groups excluding carboxylic acids is 2. The third-order valence-corrected chi connectivity index (χ3v) is 0.167. The van der Waals surface area contributed by atoms with Gasteiger partial charge in [0.15, 0.2) is 0 Å². The third-order valence-electron chi connectivity index (χ3n) is 0.167. The van der Waals surface area contributed by atoms with Crippen LogP contribution in [-0.4, -0.2) is 11.9 Å². The second kappa shape index (κ2) is 19.9. The molecular weight excluding hydrogens is 302 g/mol. The average Bonchev–Trinajstić information content (AvgIpc) is 1.59. The molecule has 104 valence electrons. The van der Waals surface area contributed by atoms with Crippen LogP contribution >= 0.6 is 0 Å². The summed E-state index contributed by atoms with van der Waals surface area (Å²) in [5.41, 5.74) is 0. The van der Waals surface area contributed by atoms with E-state index in [1.54, 1.807) is 0 Å². The minimum Gasteiger partial charge on any atom is -0.693 e. The van der Waals surface area contributed by atoms with E-state index in [1.165, 1.54) is 0 Å². The van der Waals surface area contributed by atoms with Crippen LogP contribution in [0.2, 0.25) is 0 Å². The molecule has 0 aliphatic rings. The van der Waals surface area contributed by atoms with Crippen molar-refractivity contribution in [2.45, 2.75) is 0 Å². The summed E-state index contributed by atoms with van der Waals surface area (Å²) in [5, 5.41) is 17.9. The third kappa shape index (κ3) is 177. The smallest absolute Gasteiger partial charge is 0.693 e. The number of hydrogen-bond acceptors (Lipinski definition) is 8. The normalized spacial score (nSPS) is 6.50. The van der Waals surface area contributed by atoms with Gasteiger partial charge in [0.05, 0.1) is 11.9 Å². The summed E-state index contributed by atoms with van der Waals surface area (Å²) in [7, 11) is -4.94. The van der Waals surface area contributed by atoms with E-state index in [0.29, 0.717) is 0 Å². The number of carbonyl (C=O) groups is 2. The number of carboxylic acids is 2. The first-order chi connectivity index (χ1) is 4.64. The Morgan fingerprint density at radius 2 is 0.750 bits per heavy atom. The van der Waals surface area contributed by atoms with Gasteiger partial charge < -0.3 is 44.4 Å². The summed E-state index contributed by atoms with van der Waals surface area (Å²) in [6.07, 6.45) is 0. The van der Waals surface area contributed by atoms with Crippen LogP contribution in [0.25, 0.3) is 24.6 Å². The van der Waals surface area contributed by atoms with Crippen LogP contribution in [0, 0.1) is 10.2 Å². The molecule has 0 saturated carbocycles. The standard InChI is InChI=1S/C2H2O4.ClHO4.Co.4H2N/c3-1(4)2(5)6;2-1(3,4)5;;;;;/h(H,3,4)(H,5,6);(H,2,3,4,5);;4*1H2/q;;+3;4*-1/p-3. The van der Waals surface area contributed by atoms with Crippen LogP contribution in [0.1, 0.15) is 0 Å². The summed E-state index contributed by atoms with van der Waals surface area (Å²) in [6.45, 7) is 0. The Bertz CT molecular complexity index is 145. The zero-order valence-electron chi connectivity index (χ0n) is 7.29. The topological polar surface area (TPSA) is 306 Å². The van der Waals surface area contributed by atoms with E-state index in [-0.39, 0.29) is 41.4 Å². The fraction of sp³-hybridized carbons (Fsp3) is 0. The van der Waals surface area contributed by atoms with Gasteiger partial charge in [-0.15, -0.1) is 10.2 Å². The molecule has 16 heavy (non-hydrogen) atoms. The van der Waals surface area contributed by atoms with Crippen molar-refractivity contribution in [1.29, 1.82) is 0 Å². The van der Waals surface area contributed by atoms with Gasteiger partial charge in [-0.2, -0.15) is 0 Å². The van der Waals surface area contributed by atoms with Gasteiger partial charge in [0.2, 0.25) is 0 Å². The van der Waals surface area contributed by atoms with Crippen molar-refractivity contribution in [2.75, 3.05) is 0 Å². The number of halogens is 1. The molecule has 0 aromatic heterocycles. The Hall–Kier alpha value is -0.584. The van der Waals surface area contributed by atoms with E-state index in [9.17, 15) is 0 Å². The van der Waals surface area contributed by atoms with Crippen LogP contribution in [0.15, 0.2) is 0 Å². The molecule has 0 aliphatic carbocycles. The summed E-state index contributed by atoms with van der Waals surface area (Å²) in [5.74, 6) is -4.37. The summed E-state index contributed by atoms with van der Waals surface area (Å²) >= 11 is 0. The van der Waals surface area contributed by atoms with Gasteiger partial charge in [0.25, 0.3) is 0 Å². The van der Waals surface area contributed by atoms with Crippen molar-refractivity contribution in [1.82, 2.24) is 0 Å². The number of rotatable bonds is 0. The van der Waals surface area contributed by atoms with Crippen LogP contribution in [0.3, 0.4) is 0 Å². The van der Waals surface area contributed by atoms with Crippen LogP contribution in [0.4, 0.5) is 0 Å².